The van der Waals surface area contributed by atoms with Crippen molar-refractivity contribution in [1.82, 2.24) is 0 Å². The number of hydrogen-bond donors (Lipinski definition) is 0. The molecule has 0 radical (unpaired) electrons. The number of halogens is 3. The van der Waals surface area contributed by atoms with Crippen LogP contribution in [0.3, 0.4) is 0 Å². The molecule has 0 unspecified atom stereocenters. The molecule has 1 aliphatic rings. The summed E-state index contributed by atoms with van der Waals surface area (Å²) < 4.78 is 5.13. The van der Waals surface area contributed by atoms with Crippen molar-refractivity contribution in [3.05, 3.63) is 44.6 Å². The second kappa shape index (κ2) is 6.82. The zero-order valence-corrected chi connectivity index (χ0v) is 13.6. The molecule has 1 fully saturated rings. The molecule has 0 heterocycles. The van der Waals surface area contributed by atoms with E-state index in [9.17, 15) is 9.59 Å². The van der Waals surface area contributed by atoms with Crippen molar-refractivity contribution in [3.63, 3.8) is 0 Å². The lowest BCUT2D eigenvalue weighted by atomic mass is 9.98. The highest BCUT2D eigenvalue weighted by atomic mass is 35.5. The average molecular weight is 348 g/mol. The lowest BCUT2D eigenvalue weighted by molar-refractivity contribution is -0.116. The summed E-state index contributed by atoms with van der Waals surface area (Å²) in [5.41, 5.74) is 0.144. The molecule has 3 nitrogen and oxygen atoms in total. The van der Waals surface area contributed by atoms with Gasteiger partial charge in [-0.1, -0.05) is 34.8 Å². The highest BCUT2D eigenvalue weighted by Gasteiger charge is 2.35. The van der Waals surface area contributed by atoms with Gasteiger partial charge in [0, 0.05) is 11.5 Å². The molecular formula is C15H13Cl3O3. The molecule has 0 atom stereocenters. The zero-order valence-electron chi connectivity index (χ0n) is 11.3. The van der Waals surface area contributed by atoms with Crippen LogP contribution in [-0.4, -0.2) is 18.2 Å². The maximum atomic E-state index is 12.6. The van der Waals surface area contributed by atoms with Crippen LogP contribution < -0.4 is 0 Å². The van der Waals surface area contributed by atoms with Gasteiger partial charge in [0.1, 0.15) is 5.57 Å². The number of ketones is 2. The monoisotopic (exact) mass is 346 g/mol. The first-order valence-electron chi connectivity index (χ1n) is 6.51. The van der Waals surface area contributed by atoms with Crippen molar-refractivity contribution in [1.29, 1.82) is 0 Å². The van der Waals surface area contributed by atoms with E-state index in [-0.39, 0.29) is 37.9 Å². The summed E-state index contributed by atoms with van der Waals surface area (Å²) in [7, 11) is 0. The number of allylic oxidation sites excluding steroid dienone is 1. The number of hydrogen-bond acceptors (Lipinski definition) is 3. The molecule has 21 heavy (non-hydrogen) atoms. The maximum absolute atomic E-state index is 12.6. The molecule has 0 amide bonds. The summed E-state index contributed by atoms with van der Waals surface area (Å²) in [6.07, 6.45) is 2.80. The van der Waals surface area contributed by atoms with Crippen LogP contribution in [0.4, 0.5) is 0 Å². The Balaban J connectivity index is 2.38. The number of carbonyl (C=O) groups excluding carboxylic acids is 2. The van der Waals surface area contributed by atoms with Gasteiger partial charge in [0.2, 0.25) is 5.78 Å². The summed E-state index contributed by atoms with van der Waals surface area (Å²) in [6.45, 7) is 2.14. The van der Waals surface area contributed by atoms with E-state index in [1.165, 1.54) is 18.4 Å². The van der Waals surface area contributed by atoms with Gasteiger partial charge in [-0.2, -0.15) is 0 Å². The highest BCUT2D eigenvalue weighted by Crippen LogP contribution is 2.36. The van der Waals surface area contributed by atoms with E-state index < -0.39 is 5.78 Å². The molecule has 0 aliphatic heterocycles. The van der Waals surface area contributed by atoms with Gasteiger partial charge in [-0.05, 0) is 31.9 Å². The fraction of sp³-hybridized carbons (Fsp3) is 0.333. The predicted octanol–water partition coefficient (Wildman–Crippen LogP) is 4.73. The molecule has 6 heteroatoms. The van der Waals surface area contributed by atoms with E-state index in [4.69, 9.17) is 39.5 Å². The minimum atomic E-state index is -0.496. The highest BCUT2D eigenvalue weighted by molar-refractivity contribution is 6.49. The number of carbonyl (C=O) groups is 2. The third kappa shape index (κ3) is 3.60. The third-order valence-corrected chi connectivity index (χ3v) is 4.40. The Morgan fingerprint density at radius 3 is 2.48 bits per heavy atom. The van der Waals surface area contributed by atoms with Crippen LogP contribution in [0.1, 0.15) is 30.1 Å². The molecule has 1 saturated carbocycles. The van der Waals surface area contributed by atoms with Crippen LogP contribution in [-0.2, 0) is 9.53 Å². The summed E-state index contributed by atoms with van der Waals surface area (Å²) in [6, 6.07) is 2.93. The molecule has 112 valence electrons. The lowest BCUT2D eigenvalue weighted by Crippen LogP contribution is -2.16. The first-order valence-corrected chi connectivity index (χ1v) is 7.65. The number of ether oxygens (including phenoxy) is 1. The number of Topliss-reactive ketones (excluding diaryl/α,β-unsaturated/α-hetero) is 2. The third-order valence-electron chi connectivity index (χ3n) is 3.11. The lowest BCUT2D eigenvalue weighted by Gasteiger charge is -2.09. The molecule has 1 aliphatic carbocycles. The first kappa shape index (κ1) is 16.3. The number of benzene rings is 1. The Morgan fingerprint density at radius 2 is 1.90 bits per heavy atom. The Labute approximate surface area is 137 Å². The largest absolute Gasteiger partial charge is 0.501 e. The Kier molecular flexibility index (Phi) is 5.31. The second-order valence-electron chi connectivity index (χ2n) is 4.68. The van der Waals surface area contributed by atoms with E-state index in [1.54, 1.807) is 6.92 Å². The minimum Gasteiger partial charge on any atom is -0.501 e. The first-order chi connectivity index (χ1) is 9.97. The Bertz CT molecular complexity index is 619. The summed E-state index contributed by atoms with van der Waals surface area (Å²) in [5, 5.41) is 0.390. The van der Waals surface area contributed by atoms with Crippen LogP contribution in [0.25, 0.3) is 0 Å². The van der Waals surface area contributed by atoms with Gasteiger partial charge >= 0.3 is 0 Å². The van der Waals surface area contributed by atoms with E-state index >= 15 is 0 Å². The van der Waals surface area contributed by atoms with Crippen molar-refractivity contribution in [3.8, 4) is 0 Å². The SMILES string of the molecule is CCO/C=C(\C(=O)c1ccc(Cl)c(Cl)c1Cl)C(=O)C1CC1. The Hall–Kier alpha value is -1.03. The molecule has 0 aromatic heterocycles. The van der Waals surface area contributed by atoms with Crippen LogP contribution in [0.15, 0.2) is 24.0 Å². The topological polar surface area (TPSA) is 43.4 Å². The van der Waals surface area contributed by atoms with Crippen LogP contribution in [0, 0.1) is 5.92 Å². The maximum Gasteiger partial charge on any atom is 0.201 e. The van der Waals surface area contributed by atoms with E-state index in [2.05, 4.69) is 0 Å². The van der Waals surface area contributed by atoms with Crippen molar-refractivity contribution >= 4 is 46.4 Å². The predicted molar refractivity (Wildman–Crippen MR) is 83.2 cm³/mol. The normalized spacial score (nSPS) is 15.0. The molecule has 1 aromatic rings. The van der Waals surface area contributed by atoms with E-state index in [0.717, 1.165) is 12.8 Å². The van der Waals surface area contributed by atoms with Gasteiger partial charge in [0.15, 0.2) is 5.78 Å². The molecule has 0 spiro atoms. The summed E-state index contributed by atoms with van der Waals surface area (Å²) in [4.78, 5) is 24.8. The van der Waals surface area contributed by atoms with Gasteiger partial charge in [-0.25, -0.2) is 0 Å². The Morgan fingerprint density at radius 1 is 1.24 bits per heavy atom. The standard InChI is InChI=1S/C15H13Cl3O3/c1-2-21-7-10(14(19)8-3-4-8)15(20)9-5-6-11(16)13(18)12(9)17/h5-8H,2-4H2,1H3/b10-7-. The van der Waals surface area contributed by atoms with Crippen molar-refractivity contribution < 1.29 is 14.3 Å². The van der Waals surface area contributed by atoms with Crippen LogP contribution in [0.2, 0.25) is 15.1 Å². The summed E-state index contributed by atoms with van der Waals surface area (Å²) in [5.74, 6) is -0.804. The van der Waals surface area contributed by atoms with Gasteiger partial charge in [0.25, 0.3) is 0 Å². The molecule has 2 rings (SSSR count). The zero-order chi connectivity index (χ0) is 15.6. The van der Waals surface area contributed by atoms with E-state index in [0.29, 0.717) is 6.61 Å². The minimum absolute atomic E-state index is 0.000334. The molecule has 0 saturated heterocycles. The smallest absolute Gasteiger partial charge is 0.201 e. The molecule has 1 aromatic carbocycles. The fourth-order valence-corrected chi connectivity index (χ4v) is 2.42. The average Bonchev–Trinajstić information content (AvgIpc) is 3.29. The van der Waals surface area contributed by atoms with Gasteiger partial charge in [0.05, 0.1) is 27.9 Å². The quantitative estimate of drug-likeness (QED) is 0.187. The van der Waals surface area contributed by atoms with Crippen molar-refractivity contribution in [2.75, 3.05) is 6.61 Å². The summed E-state index contributed by atoms with van der Waals surface area (Å²) >= 11 is 17.8. The number of rotatable bonds is 6. The van der Waals surface area contributed by atoms with Crippen LogP contribution >= 0.6 is 34.8 Å². The van der Waals surface area contributed by atoms with Crippen molar-refractivity contribution in [2.24, 2.45) is 5.92 Å². The second-order valence-corrected chi connectivity index (χ2v) is 5.84. The van der Waals surface area contributed by atoms with Crippen LogP contribution in [0.5, 0.6) is 0 Å². The van der Waals surface area contributed by atoms with E-state index in [1.807, 2.05) is 0 Å². The van der Waals surface area contributed by atoms with Gasteiger partial charge in [-0.3, -0.25) is 9.59 Å². The van der Waals surface area contributed by atoms with Crippen molar-refractivity contribution in [2.45, 2.75) is 19.8 Å². The molecular weight excluding hydrogens is 335 g/mol. The molecule has 0 N–H and O–H groups in total. The van der Waals surface area contributed by atoms with Gasteiger partial charge in [-0.15, -0.1) is 0 Å². The molecule has 0 bridgehead atoms. The fourth-order valence-electron chi connectivity index (χ4n) is 1.80. The van der Waals surface area contributed by atoms with Gasteiger partial charge < -0.3 is 4.74 Å².